The predicted molar refractivity (Wildman–Crippen MR) is 76.7 cm³/mol. The van der Waals surface area contributed by atoms with E-state index in [0.717, 1.165) is 13.0 Å². The molecule has 3 nitrogen and oxygen atoms in total. The molecule has 2 N–H and O–H groups in total. The Kier molecular flexibility index (Phi) is 5.37. The molecule has 106 valence electrons. The minimum absolute atomic E-state index is 0.188. The lowest BCUT2D eigenvalue weighted by Crippen LogP contribution is -2.43. The maximum Gasteiger partial charge on any atom is 0.0664 e. The molecule has 0 bridgehead atoms. The maximum absolute atomic E-state index is 9.93. The molecule has 19 heavy (non-hydrogen) atoms. The lowest BCUT2D eigenvalue weighted by molar-refractivity contribution is 0.0468. The molecule has 1 unspecified atom stereocenters. The summed E-state index contributed by atoms with van der Waals surface area (Å²) in [7, 11) is 0. The lowest BCUT2D eigenvalue weighted by Gasteiger charge is -2.32. The minimum atomic E-state index is -0.309. The highest BCUT2D eigenvalue weighted by molar-refractivity contribution is 5.14. The SMILES string of the molecule is CC[C@@H](O)CN(Cc1ccccc1)C(CO)C1CC1. The minimum Gasteiger partial charge on any atom is -0.395 e. The number of aliphatic hydroxyl groups excluding tert-OH is 2. The molecule has 0 amide bonds. The Bertz CT molecular complexity index is 364. The zero-order chi connectivity index (χ0) is 13.7. The molecule has 1 saturated carbocycles. The Morgan fingerprint density at radius 2 is 1.95 bits per heavy atom. The van der Waals surface area contributed by atoms with E-state index in [9.17, 15) is 10.2 Å². The highest BCUT2D eigenvalue weighted by atomic mass is 16.3. The summed E-state index contributed by atoms with van der Waals surface area (Å²) in [6.45, 7) is 3.64. The number of aliphatic hydroxyl groups is 2. The van der Waals surface area contributed by atoms with Crippen LogP contribution in [0.3, 0.4) is 0 Å². The third-order valence-corrected chi connectivity index (χ3v) is 3.97. The largest absolute Gasteiger partial charge is 0.395 e. The van der Waals surface area contributed by atoms with E-state index < -0.39 is 0 Å². The van der Waals surface area contributed by atoms with Gasteiger partial charge in [0, 0.05) is 19.1 Å². The molecule has 1 aromatic carbocycles. The van der Waals surface area contributed by atoms with Gasteiger partial charge in [-0.15, -0.1) is 0 Å². The summed E-state index contributed by atoms with van der Waals surface area (Å²) in [5, 5.41) is 19.6. The van der Waals surface area contributed by atoms with Gasteiger partial charge in [-0.2, -0.15) is 0 Å². The fraction of sp³-hybridized carbons (Fsp3) is 0.625. The van der Waals surface area contributed by atoms with Crippen molar-refractivity contribution in [3.8, 4) is 0 Å². The molecule has 1 aliphatic carbocycles. The first-order chi connectivity index (χ1) is 9.24. The van der Waals surface area contributed by atoms with E-state index in [1.165, 1.54) is 18.4 Å². The third-order valence-electron chi connectivity index (χ3n) is 3.97. The second-order valence-electron chi connectivity index (χ2n) is 5.56. The second-order valence-corrected chi connectivity index (χ2v) is 5.56. The molecule has 0 aromatic heterocycles. The van der Waals surface area contributed by atoms with Gasteiger partial charge in [0.1, 0.15) is 0 Å². The van der Waals surface area contributed by atoms with Gasteiger partial charge in [0.2, 0.25) is 0 Å². The Morgan fingerprint density at radius 1 is 1.26 bits per heavy atom. The summed E-state index contributed by atoms with van der Waals surface area (Å²) in [6, 6.07) is 10.5. The van der Waals surface area contributed by atoms with Crippen LogP contribution in [-0.2, 0) is 6.54 Å². The smallest absolute Gasteiger partial charge is 0.0664 e. The van der Waals surface area contributed by atoms with E-state index in [-0.39, 0.29) is 18.8 Å². The molecule has 0 aliphatic heterocycles. The van der Waals surface area contributed by atoms with Gasteiger partial charge in [-0.3, -0.25) is 4.90 Å². The van der Waals surface area contributed by atoms with E-state index in [2.05, 4.69) is 17.0 Å². The second kappa shape index (κ2) is 7.04. The zero-order valence-electron chi connectivity index (χ0n) is 11.7. The number of rotatable bonds is 8. The monoisotopic (exact) mass is 263 g/mol. The van der Waals surface area contributed by atoms with Gasteiger partial charge in [-0.25, -0.2) is 0 Å². The Labute approximate surface area is 115 Å². The molecular formula is C16H25NO2. The number of benzene rings is 1. The van der Waals surface area contributed by atoms with Crippen LogP contribution in [0.1, 0.15) is 31.7 Å². The number of nitrogens with zero attached hydrogens (tertiary/aromatic N) is 1. The summed E-state index contributed by atoms with van der Waals surface area (Å²) in [5.74, 6) is 0.609. The van der Waals surface area contributed by atoms with Crippen molar-refractivity contribution in [1.29, 1.82) is 0 Å². The topological polar surface area (TPSA) is 43.7 Å². The van der Waals surface area contributed by atoms with Gasteiger partial charge in [0.25, 0.3) is 0 Å². The normalized spacial score (nSPS) is 18.5. The van der Waals surface area contributed by atoms with Crippen molar-refractivity contribution in [2.24, 2.45) is 5.92 Å². The molecule has 0 saturated heterocycles. The molecule has 2 atom stereocenters. The van der Waals surface area contributed by atoms with Crippen molar-refractivity contribution >= 4 is 0 Å². The summed E-state index contributed by atoms with van der Waals surface area (Å²) < 4.78 is 0. The summed E-state index contributed by atoms with van der Waals surface area (Å²) in [6.07, 6.45) is 2.86. The lowest BCUT2D eigenvalue weighted by atomic mass is 10.1. The van der Waals surface area contributed by atoms with E-state index >= 15 is 0 Å². The van der Waals surface area contributed by atoms with Crippen LogP contribution >= 0.6 is 0 Å². The summed E-state index contributed by atoms with van der Waals surface area (Å²) in [5.41, 5.74) is 1.24. The molecular weight excluding hydrogens is 238 g/mol. The van der Waals surface area contributed by atoms with Crippen LogP contribution in [0.2, 0.25) is 0 Å². The van der Waals surface area contributed by atoms with Gasteiger partial charge >= 0.3 is 0 Å². The molecule has 3 heteroatoms. The Balaban J connectivity index is 2.04. The van der Waals surface area contributed by atoms with Crippen LogP contribution in [0.4, 0.5) is 0 Å². The highest BCUT2D eigenvalue weighted by Crippen LogP contribution is 2.35. The average molecular weight is 263 g/mol. The van der Waals surface area contributed by atoms with Gasteiger partial charge in [0.15, 0.2) is 0 Å². The fourth-order valence-electron chi connectivity index (χ4n) is 2.58. The molecule has 1 aliphatic rings. The van der Waals surface area contributed by atoms with E-state index in [0.29, 0.717) is 12.5 Å². The van der Waals surface area contributed by atoms with E-state index in [1.807, 2.05) is 25.1 Å². The van der Waals surface area contributed by atoms with Crippen molar-refractivity contribution in [3.63, 3.8) is 0 Å². The average Bonchev–Trinajstić information content (AvgIpc) is 3.25. The van der Waals surface area contributed by atoms with E-state index in [1.54, 1.807) is 0 Å². The van der Waals surface area contributed by atoms with Crippen molar-refractivity contribution in [3.05, 3.63) is 35.9 Å². The number of hydrogen-bond acceptors (Lipinski definition) is 3. The van der Waals surface area contributed by atoms with Crippen molar-refractivity contribution in [2.75, 3.05) is 13.2 Å². The molecule has 1 aromatic rings. The van der Waals surface area contributed by atoms with Gasteiger partial charge in [-0.1, -0.05) is 37.3 Å². The molecule has 0 heterocycles. The van der Waals surface area contributed by atoms with Crippen LogP contribution in [0.25, 0.3) is 0 Å². The molecule has 0 radical (unpaired) electrons. The Hall–Kier alpha value is -0.900. The van der Waals surface area contributed by atoms with Crippen LogP contribution in [-0.4, -0.2) is 40.4 Å². The molecule has 2 rings (SSSR count). The van der Waals surface area contributed by atoms with Crippen molar-refractivity contribution in [1.82, 2.24) is 4.90 Å². The third kappa shape index (κ3) is 4.30. The summed E-state index contributed by atoms with van der Waals surface area (Å²) in [4.78, 5) is 2.25. The molecule has 1 fully saturated rings. The molecule has 0 spiro atoms. The zero-order valence-corrected chi connectivity index (χ0v) is 11.7. The Morgan fingerprint density at radius 3 is 2.47 bits per heavy atom. The highest BCUT2D eigenvalue weighted by Gasteiger charge is 2.35. The van der Waals surface area contributed by atoms with Gasteiger partial charge in [0.05, 0.1) is 12.7 Å². The maximum atomic E-state index is 9.93. The first kappa shape index (κ1) is 14.5. The standard InChI is InChI=1S/C16H25NO2/c1-2-15(19)11-17(16(12-18)14-8-9-14)10-13-6-4-3-5-7-13/h3-7,14-16,18-19H,2,8-12H2,1H3/t15-,16?/m1/s1. The van der Waals surface area contributed by atoms with Crippen molar-refractivity contribution in [2.45, 2.75) is 44.9 Å². The van der Waals surface area contributed by atoms with E-state index in [4.69, 9.17) is 0 Å². The fourth-order valence-corrected chi connectivity index (χ4v) is 2.58. The van der Waals surface area contributed by atoms with Crippen LogP contribution < -0.4 is 0 Å². The van der Waals surface area contributed by atoms with Crippen LogP contribution in [0.5, 0.6) is 0 Å². The van der Waals surface area contributed by atoms with Crippen molar-refractivity contribution < 1.29 is 10.2 Å². The van der Waals surface area contributed by atoms with Gasteiger partial charge in [-0.05, 0) is 30.7 Å². The number of hydrogen-bond donors (Lipinski definition) is 2. The predicted octanol–water partition coefficient (Wildman–Crippen LogP) is 2.03. The van der Waals surface area contributed by atoms with Crippen LogP contribution in [0, 0.1) is 5.92 Å². The van der Waals surface area contributed by atoms with Gasteiger partial charge < -0.3 is 10.2 Å². The first-order valence-electron chi connectivity index (χ1n) is 7.31. The van der Waals surface area contributed by atoms with Crippen LogP contribution in [0.15, 0.2) is 30.3 Å². The quantitative estimate of drug-likeness (QED) is 0.754. The first-order valence-corrected chi connectivity index (χ1v) is 7.31. The summed E-state index contributed by atoms with van der Waals surface area (Å²) >= 11 is 0.